The summed E-state index contributed by atoms with van der Waals surface area (Å²) in [5, 5.41) is 4.27. The van der Waals surface area contributed by atoms with Gasteiger partial charge in [-0.25, -0.2) is 4.98 Å². The zero-order chi connectivity index (χ0) is 20.7. The van der Waals surface area contributed by atoms with Crippen molar-refractivity contribution in [2.24, 2.45) is 0 Å². The maximum Gasteiger partial charge on any atom is 0.258 e. The molecule has 150 valence electrons. The molecule has 30 heavy (non-hydrogen) atoms. The van der Waals surface area contributed by atoms with E-state index in [4.69, 9.17) is 4.98 Å². The molecule has 1 amide bonds. The van der Waals surface area contributed by atoms with Gasteiger partial charge in [-0.2, -0.15) is 0 Å². The molecule has 1 N–H and O–H groups in total. The van der Waals surface area contributed by atoms with Crippen LogP contribution in [0.2, 0.25) is 0 Å². The fraction of sp³-hybridized carbons (Fsp3) is 0.231. The van der Waals surface area contributed by atoms with Gasteiger partial charge in [-0.1, -0.05) is 48.0 Å². The quantitative estimate of drug-likeness (QED) is 0.406. The first-order chi connectivity index (χ1) is 14.6. The van der Waals surface area contributed by atoms with Crippen LogP contribution < -0.4 is 5.32 Å². The molecule has 0 fully saturated rings. The summed E-state index contributed by atoms with van der Waals surface area (Å²) in [7, 11) is 0. The standard InChI is InChI=1S/C26H24N2OS/c1-16-9-8-10-18(15-16)23-22(25(29)28-19-11-4-3-5-12-19)17(2)27-26-24(23)20-13-6-7-14-21(20)30-26/h3-5,8-12,15H,6-7,13-14H2,1-2H3,(H,28,29). The van der Waals surface area contributed by atoms with Crippen molar-refractivity contribution in [3.05, 3.63) is 81.9 Å². The Balaban J connectivity index is 1.78. The van der Waals surface area contributed by atoms with Crippen molar-refractivity contribution in [1.82, 2.24) is 4.98 Å². The van der Waals surface area contributed by atoms with Crippen LogP contribution in [0.15, 0.2) is 54.6 Å². The molecule has 0 unspecified atom stereocenters. The molecular formula is C26H24N2OS. The van der Waals surface area contributed by atoms with Crippen LogP contribution in [0.25, 0.3) is 21.3 Å². The van der Waals surface area contributed by atoms with Gasteiger partial charge in [-0.05, 0) is 62.8 Å². The second-order valence-electron chi connectivity index (χ2n) is 8.03. The van der Waals surface area contributed by atoms with Crippen LogP contribution >= 0.6 is 11.3 Å². The van der Waals surface area contributed by atoms with E-state index in [1.165, 1.54) is 34.2 Å². The van der Waals surface area contributed by atoms with Crippen LogP contribution in [-0.4, -0.2) is 10.9 Å². The SMILES string of the molecule is Cc1cccc(-c2c(C(=O)Nc3ccccc3)c(C)nc3sc4c(c23)CCCC4)c1. The van der Waals surface area contributed by atoms with Crippen LogP contribution in [0, 0.1) is 13.8 Å². The third-order valence-electron chi connectivity index (χ3n) is 5.85. The number of nitrogens with one attached hydrogen (secondary N) is 1. The number of nitrogens with zero attached hydrogens (tertiary/aromatic N) is 1. The third kappa shape index (κ3) is 3.31. The lowest BCUT2D eigenvalue weighted by Crippen LogP contribution is -2.16. The van der Waals surface area contributed by atoms with Gasteiger partial charge in [-0.15, -0.1) is 11.3 Å². The second-order valence-corrected chi connectivity index (χ2v) is 9.11. The molecule has 2 aromatic carbocycles. The van der Waals surface area contributed by atoms with E-state index < -0.39 is 0 Å². The minimum Gasteiger partial charge on any atom is -0.322 e. The molecule has 0 atom stereocenters. The van der Waals surface area contributed by atoms with Crippen molar-refractivity contribution in [2.75, 3.05) is 5.32 Å². The predicted molar refractivity (Wildman–Crippen MR) is 126 cm³/mol. The Bertz CT molecular complexity index is 1260. The van der Waals surface area contributed by atoms with E-state index in [2.05, 4.69) is 36.5 Å². The number of pyridine rings is 1. The van der Waals surface area contributed by atoms with Crippen molar-refractivity contribution in [3.63, 3.8) is 0 Å². The molecular weight excluding hydrogens is 388 g/mol. The molecule has 3 nitrogen and oxygen atoms in total. The number of thiophene rings is 1. The van der Waals surface area contributed by atoms with Gasteiger partial charge in [0.15, 0.2) is 0 Å². The number of carbonyl (C=O) groups is 1. The van der Waals surface area contributed by atoms with Gasteiger partial charge in [0, 0.05) is 21.5 Å². The Labute approximate surface area is 180 Å². The average Bonchev–Trinajstić information content (AvgIpc) is 3.11. The molecule has 4 aromatic rings. The average molecular weight is 413 g/mol. The summed E-state index contributed by atoms with van der Waals surface area (Å²) in [6.07, 6.45) is 4.62. The highest BCUT2D eigenvalue weighted by atomic mass is 32.1. The summed E-state index contributed by atoms with van der Waals surface area (Å²) in [5.74, 6) is -0.0969. The summed E-state index contributed by atoms with van der Waals surface area (Å²) in [4.78, 5) is 20.9. The Morgan fingerprint density at radius 3 is 2.60 bits per heavy atom. The predicted octanol–water partition coefficient (Wildman–Crippen LogP) is 6.71. The minimum atomic E-state index is -0.0969. The van der Waals surface area contributed by atoms with E-state index >= 15 is 0 Å². The Morgan fingerprint density at radius 1 is 1.00 bits per heavy atom. The molecule has 0 saturated heterocycles. The van der Waals surface area contributed by atoms with Crippen LogP contribution in [0.1, 0.15) is 44.9 Å². The Kier molecular flexibility index (Phi) is 4.87. The van der Waals surface area contributed by atoms with Crippen LogP contribution in [0.3, 0.4) is 0 Å². The molecule has 1 aliphatic carbocycles. The number of rotatable bonds is 3. The number of carbonyl (C=O) groups excluding carboxylic acids is 1. The molecule has 0 radical (unpaired) electrons. The number of aromatic nitrogens is 1. The second kappa shape index (κ2) is 7.69. The number of fused-ring (bicyclic) bond motifs is 3. The number of amides is 1. The topological polar surface area (TPSA) is 42.0 Å². The first kappa shape index (κ1) is 19.0. The number of aryl methyl sites for hydroxylation is 4. The largest absolute Gasteiger partial charge is 0.322 e. The lowest BCUT2D eigenvalue weighted by Gasteiger charge is -2.17. The van der Waals surface area contributed by atoms with Crippen molar-refractivity contribution < 1.29 is 4.79 Å². The highest BCUT2D eigenvalue weighted by Gasteiger charge is 2.26. The summed E-state index contributed by atoms with van der Waals surface area (Å²) < 4.78 is 0. The fourth-order valence-corrected chi connectivity index (χ4v) is 5.80. The molecule has 1 aliphatic rings. The molecule has 2 aromatic heterocycles. The van der Waals surface area contributed by atoms with Gasteiger partial charge >= 0.3 is 0 Å². The Hall–Kier alpha value is -2.98. The van der Waals surface area contributed by atoms with Gasteiger partial charge in [0.1, 0.15) is 4.83 Å². The molecule has 0 aliphatic heterocycles. The molecule has 5 rings (SSSR count). The minimum absolute atomic E-state index is 0.0969. The van der Waals surface area contributed by atoms with Gasteiger partial charge in [-0.3, -0.25) is 4.79 Å². The number of para-hydroxylation sites is 1. The molecule has 0 bridgehead atoms. The first-order valence-corrected chi connectivity index (χ1v) is 11.3. The van der Waals surface area contributed by atoms with Crippen molar-refractivity contribution in [1.29, 1.82) is 0 Å². The number of benzene rings is 2. The van der Waals surface area contributed by atoms with E-state index in [1.54, 1.807) is 0 Å². The smallest absolute Gasteiger partial charge is 0.258 e. The van der Waals surface area contributed by atoms with Gasteiger partial charge in [0.2, 0.25) is 0 Å². The number of hydrogen-bond donors (Lipinski definition) is 1. The maximum atomic E-state index is 13.5. The van der Waals surface area contributed by atoms with Crippen LogP contribution in [0.4, 0.5) is 5.69 Å². The van der Waals surface area contributed by atoms with Crippen molar-refractivity contribution in [2.45, 2.75) is 39.5 Å². The molecule has 0 saturated carbocycles. The lowest BCUT2D eigenvalue weighted by atomic mass is 9.89. The summed E-state index contributed by atoms with van der Waals surface area (Å²) in [5.41, 5.74) is 6.98. The number of hydrogen-bond acceptors (Lipinski definition) is 3. The van der Waals surface area contributed by atoms with Gasteiger partial charge in [0.25, 0.3) is 5.91 Å². The molecule has 4 heteroatoms. The van der Waals surface area contributed by atoms with E-state index in [9.17, 15) is 4.79 Å². The van der Waals surface area contributed by atoms with E-state index in [1.807, 2.05) is 48.6 Å². The monoisotopic (exact) mass is 412 g/mol. The van der Waals surface area contributed by atoms with Gasteiger partial charge in [0.05, 0.1) is 11.3 Å². The van der Waals surface area contributed by atoms with Crippen LogP contribution in [-0.2, 0) is 12.8 Å². The first-order valence-electron chi connectivity index (χ1n) is 10.5. The third-order valence-corrected chi connectivity index (χ3v) is 7.03. The van der Waals surface area contributed by atoms with Crippen molar-refractivity contribution >= 4 is 33.1 Å². The van der Waals surface area contributed by atoms with Crippen molar-refractivity contribution in [3.8, 4) is 11.1 Å². The highest BCUT2D eigenvalue weighted by Crippen LogP contribution is 2.43. The van der Waals surface area contributed by atoms with E-state index in [0.29, 0.717) is 5.56 Å². The number of anilines is 1. The normalized spacial score (nSPS) is 13.3. The molecule has 0 spiro atoms. The maximum absolute atomic E-state index is 13.5. The Morgan fingerprint density at radius 2 is 1.80 bits per heavy atom. The van der Waals surface area contributed by atoms with Gasteiger partial charge < -0.3 is 5.32 Å². The summed E-state index contributed by atoms with van der Waals surface area (Å²) in [6.45, 7) is 4.05. The highest BCUT2D eigenvalue weighted by molar-refractivity contribution is 7.19. The zero-order valence-corrected chi connectivity index (χ0v) is 18.1. The summed E-state index contributed by atoms with van der Waals surface area (Å²) in [6, 6.07) is 18.1. The lowest BCUT2D eigenvalue weighted by molar-refractivity contribution is 0.102. The van der Waals surface area contributed by atoms with Crippen LogP contribution in [0.5, 0.6) is 0 Å². The molecule has 2 heterocycles. The van der Waals surface area contributed by atoms with E-state index in [-0.39, 0.29) is 5.91 Å². The summed E-state index contributed by atoms with van der Waals surface area (Å²) >= 11 is 1.81. The fourth-order valence-electron chi connectivity index (χ4n) is 4.48. The zero-order valence-electron chi connectivity index (χ0n) is 17.3. The van der Waals surface area contributed by atoms with E-state index in [0.717, 1.165) is 40.2 Å².